The lowest BCUT2D eigenvalue weighted by Gasteiger charge is -2.20. The van der Waals surface area contributed by atoms with E-state index in [1.165, 1.54) is 17.3 Å². The smallest absolute Gasteiger partial charge is 0.311 e. The predicted molar refractivity (Wildman–Crippen MR) is 65.5 cm³/mol. The monoisotopic (exact) mass is 268 g/mol. The van der Waals surface area contributed by atoms with Crippen LogP contribution in [0.4, 0.5) is 0 Å². The van der Waals surface area contributed by atoms with Crippen molar-refractivity contribution in [1.82, 2.24) is 9.88 Å². The van der Waals surface area contributed by atoms with Gasteiger partial charge in [-0.05, 0) is 19.4 Å². The highest BCUT2D eigenvalue weighted by Crippen LogP contribution is 2.31. The van der Waals surface area contributed by atoms with E-state index in [1.807, 2.05) is 0 Å². The van der Waals surface area contributed by atoms with Gasteiger partial charge in [0, 0.05) is 25.5 Å². The molecule has 0 bridgehead atoms. The summed E-state index contributed by atoms with van der Waals surface area (Å²) >= 11 is 5.90. The van der Waals surface area contributed by atoms with Crippen molar-refractivity contribution in [3.8, 4) is 0 Å². The van der Waals surface area contributed by atoms with Crippen LogP contribution in [0.25, 0.3) is 0 Å². The van der Waals surface area contributed by atoms with Gasteiger partial charge in [-0.15, -0.1) is 0 Å². The third-order valence-electron chi connectivity index (χ3n) is 3.28. The number of carbonyl (C=O) groups excluding carboxylic acids is 1. The van der Waals surface area contributed by atoms with Gasteiger partial charge in [0.25, 0.3) is 5.91 Å². The Kier molecular flexibility index (Phi) is 3.26. The molecule has 1 aromatic heterocycles. The summed E-state index contributed by atoms with van der Waals surface area (Å²) in [7, 11) is 0. The molecular formula is C12H13ClN2O3. The summed E-state index contributed by atoms with van der Waals surface area (Å²) in [6.07, 6.45) is 3.35. The Morgan fingerprint density at radius 2 is 2.28 bits per heavy atom. The molecule has 1 N–H and O–H groups in total. The van der Waals surface area contributed by atoms with E-state index in [9.17, 15) is 9.59 Å². The number of aromatic nitrogens is 1. The molecule has 0 radical (unpaired) electrons. The highest BCUT2D eigenvalue weighted by atomic mass is 35.5. The zero-order chi connectivity index (χ0) is 13.3. The maximum atomic E-state index is 12.2. The summed E-state index contributed by atoms with van der Waals surface area (Å²) in [5.41, 5.74) is -0.504. The minimum Gasteiger partial charge on any atom is -0.481 e. The molecule has 1 saturated heterocycles. The molecular weight excluding hydrogens is 256 g/mol. The van der Waals surface area contributed by atoms with Gasteiger partial charge in [-0.2, -0.15) is 0 Å². The fourth-order valence-electron chi connectivity index (χ4n) is 2.03. The molecule has 6 heteroatoms. The highest BCUT2D eigenvalue weighted by Gasteiger charge is 2.42. The first-order valence-electron chi connectivity index (χ1n) is 5.56. The fourth-order valence-corrected chi connectivity index (χ4v) is 2.23. The molecule has 0 aromatic carbocycles. The van der Waals surface area contributed by atoms with Crippen LogP contribution in [-0.4, -0.2) is 40.0 Å². The minimum absolute atomic E-state index is 0.208. The zero-order valence-electron chi connectivity index (χ0n) is 9.89. The summed E-state index contributed by atoms with van der Waals surface area (Å²) in [5, 5.41) is 9.41. The van der Waals surface area contributed by atoms with Gasteiger partial charge < -0.3 is 10.0 Å². The van der Waals surface area contributed by atoms with Gasteiger partial charge >= 0.3 is 5.97 Å². The van der Waals surface area contributed by atoms with Crippen molar-refractivity contribution in [2.24, 2.45) is 5.41 Å². The number of nitrogens with zero attached hydrogens (tertiary/aromatic N) is 2. The Bertz CT molecular complexity index is 506. The lowest BCUT2D eigenvalue weighted by molar-refractivity contribution is -0.147. The predicted octanol–water partition coefficient (Wildman–Crippen LogP) is 1.67. The van der Waals surface area contributed by atoms with E-state index < -0.39 is 11.4 Å². The molecule has 1 amide bonds. The first kappa shape index (κ1) is 12.8. The molecule has 0 saturated carbocycles. The molecule has 1 unspecified atom stereocenters. The van der Waals surface area contributed by atoms with Crippen molar-refractivity contribution in [2.45, 2.75) is 13.3 Å². The minimum atomic E-state index is -0.876. The number of pyridine rings is 1. The largest absolute Gasteiger partial charge is 0.481 e. The number of hydrogen-bond acceptors (Lipinski definition) is 3. The van der Waals surface area contributed by atoms with Gasteiger partial charge in [-0.25, -0.2) is 0 Å². The van der Waals surface area contributed by atoms with Crippen LogP contribution in [0.5, 0.6) is 0 Å². The Morgan fingerprint density at radius 1 is 1.56 bits per heavy atom. The fraction of sp³-hybridized carbons (Fsp3) is 0.417. The summed E-state index contributed by atoms with van der Waals surface area (Å²) in [6, 6.07) is 1.54. The van der Waals surface area contributed by atoms with E-state index in [0.29, 0.717) is 18.5 Å². The van der Waals surface area contributed by atoms with E-state index in [-0.39, 0.29) is 17.5 Å². The van der Waals surface area contributed by atoms with Crippen LogP contribution >= 0.6 is 11.6 Å². The normalized spacial score (nSPS) is 23.1. The first-order valence-corrected chi connectivity index (χ1v) is 5.94. The molecule has 1 aliphatic heterocycles. The Hall–Kier alpha value is -1.62. The number of halogens is 1. The molecule has 0 aliphatic carbocycles. The van der Waals surface area contributed by atoms with E-state index in [2.05, 4.69) is 4.98 Å². The number of carbonyl (C=O) groups is 2. The van der Waals surface area contributed by atoms with Crippen LogP contribution in [0, 0.1) is 5.41 Å². The molecule has 5 nitrogen and oxygen atoms in total. The molecule has 18 heavy (non-hydrogen) atoms. The second-order valence-electron chi connectivity index (χ2n) is 4.70. The second kappa shape index (κ2) is 4.57. The third kappa shape index (κ3) is 2.18. The maximum absolute atomic E-state index is 12.2. The van der Waals surface area contributed by atoms with Gasteiger partial charge in [-0.3, -0.25) is 14.6 Å². The highest BCUT2D eigenvalue weighted by molar-refractivity contribution is 6.33. The Balaban J connectivity index is 2.18. The third-order valence-corrected chi connectivity index (χ3v) is 3.58. The van der Waals surface area contributed by atoms with E-state index >= 15 is 0 Å². The standard InChI is InChI=1S/C12H13ClN2O3/c1-12(11(17)18)3-5-15(7-12)10(16)8-2-4-14-6-9(8)13/h2,4,6H,3,5,7H2,1H3,(H,17,18). The van der Waals surface area contributed by atoms with Gasteiger partial charge in [0.2, 0.25) is 0 Å². The summed E-state index contributed by atoms with van der Waals surface area (Å²) in [6.45, 7) is 2.29. The number of likely N-dealkylation sites (tertiary alicyclic amines) is 1. The number of hydrogen-bond donors (Lipinski definition) is 1. The Morgan fingerprint density at radius 3 is 2.83 bits per heavy atom. The zero-order valence-corrected chi connectivity index (χ0v) is 10.6. The number of amides is 1. The van der Waals surface area contributed by atoms with Crippen LogP contribution < -0.4 is 0 Å². The maximum Gasteiger partial charge on any atom is 0.311 e. The molecule has 2 heterocycles. The van der Waals surface area contributed by atoms with Crippen LogP contribution in [0.1, 0.15) is 23.7 Å². The number of carboxylic acids is 1. The molecule has 1 aromatic rings. The first-order chi connectivity index (χ1) is 8.44. The lowest BCUT2D eigenvalue weighted by atomic mass is 9.90. The van der Waals surface area contributed by atoms with Gasteiger partial charge in [-0.1, -0.05) is 11.6 Å². The van der Waals surface area contributed by atoms with E-state index in [0.717, 1.165) is 0 Å². The second-order valence-corrected chi connectivity index (χ2v) is 5.11. The average Bonchev–Trinajstić information content (AvgIpc) is 2.73. The van der Waals surface area contributed by atoms with Crippen LogP contribution in [0.2, 0.25) is 5.02 Å². The SMILES string of the molecule is CC1(C(=O)O)CCN(C(=O)c2ccncc2Cl)C1. The molecule has 1 atom stereocenters. The number of aliphatic carboxylic acids is 1. The van der Waals surface area contributed by atoms with Crippen LogP contribution in [0.3, 0.4) is 0 Å². The average molecular weight is 269 g/mol. The van der Waals surface area contributed by atoms with Crippen molar-refractivity contribution in [3.05, 3.63) is 29.0 Å². The summed E-state index contributed by atoms with van der Waals surface area (Å²) in [5.74, 6) is -1.12. The van der Waals surface area contributed by atoms with Crippen LogP contribution in [-0.2, 0) is 4.79 Å². The van der Waals surface area contributed by atoms with E-state index in [4.69, 9.17) is 16.7 Å². The molecule has 96 valence electrons. The number of rotatable bonds is 2. The van der Waals surface area contributed by atoms with Crippen molar-refractivity contribution >= 4 is 23.5 Å². The van der Waals surface area contributed by atoms with Crippen molar-refractivity contribution in [2.75, 3.05) is 13.1 Å². The van der Waals surface area contributed by atoms with Crippen LogP contribution in [0.15, 0.2) is 18.5 Å². The van der Waals surface area contributed by atoms with Crippen molar-refractivity contribution < 1.29 is 14.7 Å². The number of carboxylic acid groups (broad SMARTS) is 1. The van der Waals surface area contributed by atoms with Gasteiger partial charge in [0.05, 0.1) is 16.0 Å². The quantitative estimate of drug-likeness (QED) is 0.886. The topological polar surface area (TPSA) is 70.5 Å². The summed E-state index contributed by atoms with van der Waals surface area (Å²) in [4.78, 5) is 28.7. The summed E-state index contributed by atoms with van der Waals surface area (Å²) < 4.78 is 0. The van der Waals surface area contributed by atoms with Crippen molar-refractivity contribution in [1.29, 1.82) is 0 Å². The molecule has 1 aliphatic rings. The van der Waals surface area contributed by atoms with Gasteiger partial charge in [0.15, 0.2) is 0 Å². The van der Waals surface area contributed by atoms with Crippen molar-refractivity contribution in [3.63, 3.8) is 0 Å². The van der Waals surface area contributed by atoms with Gasteiger partial charge in [0.1, 0.15) is 0 Å². The molecule has 0 spiro atoms. The lowest BCUT2D eigenvalue weighted by Crippen LogP contribution is -2.35. The molecule has 2 rings (SSSR count). The van der Waals surface area contributed by atoms with E-state index in [1.54, 1.807) is 13.0 Å². The molecule has 1 fully saturated rings. The Labute approximate surface area is 109 Å².